The molecule has 0 radical (unpaired) electrons. The Bertz CT molecular complexity index is 666. The zero-order valence-corrected chi connectivity index (χ0v) is 11.8. The third kappa shape index (κ3) is 2.42. The summed E-state index contributed by atoms with van der Waals surface area (Å²) in [6.07, 6.45) is 0. The van der Waals surface area contributed by atoms with Crippen molar-refractivity contribution >= 4 is 34.3 Å². The summed E-state index contributed by atoms with van der Waals surface area (Å²) in [5.74, 6) is 0.460. The van der Waals surface area contributed by atoms with Crippen LogP contribution in [0.5, 0.6) is 5.75 Å². The van der Waals surface area contributed by atoms with Gasteiger partial charge in [-0.3, -0.25) is 4.79 Å². The molecule has 20 heavy (non-hydrogen) atoms. The summed E-state index contributed by atoms with van der Waals surface area (Å²) < 4.78 is 5.32. The molecular weight excluding hydrogens is 274 g/mol. The van der Waals surface area contributed by atoms with Crippen molar-refractivity contribution in [1.29, 1.82) is 0 Å². The molecule has 0 unspecified atom stereocenters. The van der Waals surface area contributed by atoms with Crippen LogP contribution in [-0.2, 0) is 11.3 Å². The fourth-order valence-corrected chi connectivity index (χ4v) is 2.91. The van der Waals surface area contributed by atoms with E-state index in [2.05, 4.69) is 28.3 Å². The summed E-state index contributed by atoms with van der Waals surface area (Å²) in [4.78, 5) is 11.3. The number of anilines is 3. The van der Waals surface area contributed by atoms with Gasteiger partial charge in [0.2, 0.25) is 0 Å². The summed E-state index contributed by atoms with van der Waals surface area (Å²) in [5.41, 5.74) is 10.6. The first-order valence-electron chi connectivity index (χ1n) is 6.25. The number of hydrogen-bond acceptors (Lipinski definition) is 5. The molecule has 1 aliphatic rings. The predicted molar refractivity (Wildman–Crippen MR) is 81.4 cm³/mol. The molecule has 0 saturated carbocycles. The van der Waals surface area contributed by atoms with Crippen molar-refractivity contribution in [2.75, 3.05) is 23.0 Å². The van der Waals surface area contributed by atoms with Crippen molar-refractivity contribution in [2.45, 2.75) is 13.5 Å². The highest BCUT2D eigenvalue weighted by atomic mass is 32.1. The van der Waals surface area contributed by atoms with Crippen LogP contribution in [0, 0.1) is 6.92 Å². The maximum absolute atomic E-state index is 11.3. The number of nitrogens with two attached hydrogens (primary N) is 1. The Hall–Kier alpha value is -2.21. The first kappa shape index (κ1) is 12.8. The number of thiophene rings is 1. The Morgan fingerprint density at radius 3 is 3.05 bits per heavy atom. The van der Waals surface area contributed by atoms with Crippen LogP contribution in [0.2, 0.25) is 0 Å². The van der Waals surface area contributed by atoms with Gasteiger partial charge >= 0.3 is 0 Å². The minimum absolute atomic E-state index is 0.0350. The molecule has 2 aromatic rings. The van der Waals surface area contributed by atoms with Gasteiger partial charge in [0, 0.05) is 12.6 Å². The number of nitrogen functional groups attached to an aromatic ring is 1. The van der Waals surface area contributed by atoms with Gasteiger partial charge in [0.25, 0.3) is 5.91 Å². The maximum Gasteiger partial charge on any atom is 0.262 e. The average Bonchev–Trinajstić information content (AvgIpc) is 2.82. The van der Waals surface area contributed by atoms with Crippen molar-refractivity contribution in [3.8, 4) is 5.75 Å². The van der Waals surface area contributed by atoms with Crippen molar-refractivity contribution in [2.24, 2.45) is 0 Å². The van der Waals surface area contributed by atoms with Gasteiger partial charge in [-0.1, -0.05) is 0 Å². The van der Waals surface area contributed by atoms with Gasteiger partial charge in [-0.2, -0.15) is 11.3 Å². The molecule has 3 rings (SSSR count). The topological polar surface area (TPSA) is 76.4 Å². The number of carbonyl (C=O) groups is 1. The molecule has 2 heterocycles. The Morgan fingerprint density at radius 1 is 1.45 bits per heavy atom. The van der Waals surface area contributed by atoms with E-state index in [-0.39, 0.29) is 12.5 Å². The van der Waals surface area contributed by atoms with E-state index in [1.807, 2.05) is 6.07 Å². The average molecular weight is 289 g/mol. The highest BCUT2D eigenvalue weighted by molar-refractivity contribution is 7.08. The largest absolute Gasteiger partial charge is 0.482 e. The molecular formula is C14H15N3O2S. The number of amides is 1. The molecule has 0 aliphatic carbocycles. The lowest BCUT2D eigenvalue weighted by Crippen LogP contribution is -2.25. The zero-order valence-electron chi connectivity index (χ0n) is 11.0. The third-order valence-corrected chi connectivity index (χ3v) is 4.13. The first-order valence-corrected chi connectivity index (χ1v) is 7.19. The van der Waals surface area contributed by atoms with E-state index in [4.69, 9.17) is 10.5 Å². The quantitative estimate of drug-likeness (QED) is 0.759. The van der Waals surface area contributed by atoms with Gasteiger partial charge in [-0.15, -0.1) is 0 Å². The standard InChI is InChI=1S/C14H15N3O2S/c1-8-6-20-7-9(8)4-16-11-3-12-13(2-10(11)15)19-5-14(18)17-12/h2-3,6-7,16H,4-5,15H2,1H3,(H,17,18). The number of fused-ring (bicyclic) bond motifs is 1. The summed E-state index contributed by atoms with van der Waals surface area (Å²) in [6, 6.07) is 3.54. The smallest absolute Gasteiger partial charge is 0.262 e. The predicted octanol–water partition coefficient (Wildman–Crippen LogP) is 2.58. The molecule has 0 atom stereocenters. The molecule has 0 fully saturated rings. The van der Waals surface area contributed by atoms with Crippen LogP contribution < -0.4 is 21.1 Å². The maximum atomic E-state index is 11.3. The number of hydrogen-bond donors (Lipinski definition) is 3. The fourth-order valence-electron chi connectivity index (χ4n) is 2.05. The first-order chi connectivity index (χ1) is 9.63. The summed E-state index contributed by atoms with van der Waals surface area (Å²) in [7, 11) is 0. The van der Waals surface area contributed by atoms with Crippen LogP contribution in [-0.4, -0.2) is 12.5 Å². The molecule has 4 N–H and O–H groups in total. The van der Waals surface area contributed by atoms with E-state index in [1.165, 1.54) is 11.1 Å². The summed E-state index contributed by atoms with van der Waals surface area (Å²) >= 11 is 1.68. The van der Waals surface area contributed by atoms with Gasteiger partial charge in [0.15, 0.2) is 6.61 Å². The number of aryl methyl sites for hydroxylation is 1. The van der Waals surface area contributed by atoms with Crippen LogP contribution in [0.25, 0.3) is 0 Å². The number of nitrogens with one attached hydrogen (secondary N) is 2. The van der Waals surface area contributed by atoms with Crippen molar-refractivity contribution in [3.63, 3.8) is 0 Å². The van der Waals surface area contributed by atoms with Crippen molar-refractivity contribution < 1.29 is 9.53 Å². The molecule has 1 aromatic heterocycles. The Kier molecular flexibility index (Phi) is 3.23. The molecule has 0 spiro atoms. The number of carbonyl (C=O) groups excluding carboxylic acids is 1. The highest BCUT2D eigenvalue weighted by Gasteiger charge is 2.17. The number of rotatable bonds is 3. The second kappa shape index (κ2) is 5.05. The minimum atomic E-state index is -0.151. The van der Waals surface area contributed by atoms with E-state index >= 15 is 0 Å². The zero-order chi connectivity index (χ0) is 14.1. The molecule has 104 valence electrons. The van der Waals surface area contributed by atoms with Crippen molar-refractivity contribution in [1.82, 2.24) is 0 Å². The van der Waals surface area contributed by atoms with E-state index in [9.17, 15) is 4.79 Å². The molecule has 1 aliphatic heterocycles. The second-order valence-corrected chi connectivity index (χ2v) is 5.45. The van der Waals surface area contributed by atoms with Crippen LogP contribution in [0.1, 0.15) is 11.1 Å². The van der Waals surface area contributed by atoms with E-state index < -0.39 is 0 Å². The van der Waals surface area contributed by atoms with Crippen LogP contribution >= 0.6 is 11.3 Å². The Balaban J connectivity index is 1.81. The molecule has 5 nitrogen and oxygen atoms in total. The SMILES string of the molecule is Cc1cscc1CNc1cc2c(cc1N)OCC(=O)N2. The lowest BCUT2D eigenvalue weighted by atomic mass is 10.2. The molecule has 1 amide bonds. The van der Waals surface area contributed by atoms with Gasteiger partial charge in [0.1, 0.15) is 5.75 Å². The molecule has 0 bridgehead atoms. The molecule has 6 heteroatoms. The number of benzene rings is 1. The van der Waals surface area contributed by atoms with Gasteiger partial charge in [-0.05, 0) is 34.9 Å². The van der Waals surface area contributed by atoms with E-state index in [0.29, 0.717) is 23.7 Å². The second-order valence-electron chi connectivity index (χ2n) is 4.71. The van der Waals surface area contributed by atoms with Gasteiger partial charge in [0.05, 0.1) is 17.1 Å². The van der Waals surface area contributed by atoms with Crippen LogP contribution in [0.3, 0.4) is 0 Å². The third-order valence-electron chi connectivity index (χ3n) is 3.22. The highest BCUT2D eigenvalue weighted by Crippen LogP contribution is 2.35. The van der Waals surface area contributed by atoms with Crippen LogP contribution in [0.15, 0.2) is 22.9 Å². The minimum Gasteiger partial charge on any atom is -0.482 e. The fraction of sp³-hybridized carbons (Fsp3) is 0.214. The van der Waals surface area contributed by atoms with Gasteiger partial charge in [-0.25, -0.2) is 0 Å². The number of ether oxygens (including phenoxy) is 1. The van der Waals surface area contributed by atoms with Crippen LogP contribution in [0.4, 0.5) is 17.1 Å². The Morgan fingerprint density at radius 2 is 2.30 bits per heavy atom. The molecule has 0 saturated heterocycles. The normalized spacial score (nSPS) is 13.3. The molecule has 1 aromatic carbocycles. The monoisotopic (exact) mass is 289 g/mol. The lowest BCUT2D eigenvalue weighted by molar-refractivity contribution is -0.118. The van der Waals surface area contributed by atoms with E-state index in [1.54, 1.807) is 17.4 Å². The van der Waals surface area contributed by atoms with Crippen molar-refractivity contribution in [3.05, 3.63) is 34.0 Å². The van der Waals surface area contributed by atoms with Gasteiger partial charge < -0.3 is 21.1 Å². The lowest BCUT2D eigenvalue weighted by Gasteiger charge is -2.20. The summed E-state index contributed by atoms with van der Waals surface area (Å²) in [5, 5.41) is 10.3. The Labute approximate surface area is 120 Å². The summed E-state index contributed by atoms with van der Waals surface area (Å²) in [6.45, 7) is 2.82. The van der Waals surface area contributed by atoms with E-state index in [0.717, 1.165) is 5.69 Å².